The van der Waals surface area contributed by atoms with E-state index in [0.29, 0.717) is 16.6 Å². The van der Waals surface area contributed by atoms with E-state index in [2.05, 4.69) is 46.1 Å². The Morgan fingerprint density at radius 3 is 2.45 bits per heavy atom. The molecule has 0 aliphatic carbocycles. The van der Waals surface area contributed by atoms with Crippen molar-refractivity contribution in [1.29, 1.82) is 0 Å². The van der Waals surface area contributed by atoms with Crippen LogP contribution in [-0.2, 0) is 5.41 Å². The van der Waals surface area contributed by atoms with Crippen LogP contribution in [0.4, 0.5) is 5.82 Å². The molecule has 0 saturated heterocycles. The predicted octanol–water partition coefficient (Wildman–Crippen LogP) is 4.34. The smallest absolute Gasteiger partial charge is 0.268 e. The Morgan fingerprint density at radius 1 is 1.03 bits per heavy atom. The quantitative estimate of drug-likeness (QED) is 0.547. The van der Waals surface area contributed by atoms with Gasteiger partial charge in [0.2, 0.25) is 0 Å². The standard InChI is InChI=1S/C21H20N6OS/c1-21(2,3)16-12-17(27(26-16)20-22-10-7-11-23-20)25-18(28)15-13-24-19(29-15)14-8-5-4-6-9-14/h4-13H,1-3H3,(H,25,28). The third kappa shape index (κ3) is 4.07. The Morgan fingerprint density at radius 2 is 1.76 bits per heavy atom. The summed E-state index contributed by atoms with van der Waals surface area (Å²) in [5, 5.41) is 8.35. The highest BCUT2D eigenvalue weighted by Crippen LogP contribution is 2.28. The van der Waals surface area contributed by atoms with Gasteiger partial charge in [-0.2, -0.15) is 9.78 Å². The monoisotopic (exact) mass is 404 g/mol. The van der Waals surface area contributed by atoms with Crippen molar-refractivity contribution in [2.45, 2.75) is 26.2 Å². The maximum atomic E-state index is 12.9. The van der Waals surface area contributed by atoms with Gasteiger partial charge in [0.25, 0.3) is 11.9 Å². The number of carbonyl (C=O) groups is 1. The molecule has 29 heavy (non-hydrogen) atoms. The third-order valence-corrected chi connectivity index (χ3v) is 5.26. The molecular weight excluding hydrogens is 384 g/mol. The van der Waals surface area contributed by atoms with Gasteiger partial charge >= 0.3 is 0 Å². The second-order valence-electron chi connectivity index (χ2n) is 7.48. The molecule has 0 atom stereocenters. The molecule has 7 nitrogen and oxygen atoms in total. The van der Waals surface area contributed by atoms with E-state index >= 15 is 0 Å². The van der Waals surface area contributed by atoms with Crippen LogP contribution in [0.2, 0.25) is 0 Å². The van der Waals surface area contributed by atoms with E-state index in [9.17, 15) is 4.79 Å². The van der Waals surface area contributed by atoms with Gasteiger partial charge in [-0.05, 0) is 6.07 Å². The first kappa shape index (κ1) is 18.9. The Balaban J connectivity index is 1.64. The van der Waals surface area contributed by atoms with Gasteiger partial charge in [0, 0.05) is 29.4 Å². The molecule has 0 saturated carbocycles. The zero-order chi connectivity index (χ0) is 20.4. The van der Waals surface area contributed by atoms with Gasteiger partial charge in [-0.1, -0.05) is 51.1 Å². The number of hydrogen-bond acceptors (Lipinski definition) is 6. The lowest BCUT2D eigenvalue weighted by Crippen LogP contribution is -2.15. The molecule has 0 unspecified atom stereocenters. The summed E-state index contributed by atoms with van der Waals surface area (Å²) in [5.74, 6) is 0.663. The van der Waals surface area contributed by atoms with Gasteiger partial charge in [0.1, 0.15) is 15.7 Å². The molecular formula is C21H20N6OS. The molecule has 0 aliphatic heterocycles. The lowest BCUT2D eigenvalue weighted by atomic mass is 9.92. The topological polar surface area (TPSA) is 85.6 Å². The summed E-state index contributed by atoms with van der Waals surface area (Å²) in [7, 11) is 0. The van der Waals surface area contributed by atoms with Crippen molar-refractivity contribution < 1.29 is 4.79 Å². The van der Waals surface area contributed by atoms with Crippen LogP contribution in [0.15, 0.2) is 61.1 Å². The fraction of sp³-hybridized carbons (Fsp3) is 0.190. The summed E-state index contributed by atoms with van der Waals surface area (Å²) in [4.78, 5) is 26.3. The molecule has 1 amide bonds. The van der Waals surface area contributed by atoms with Crippen LogP contribution >= 0.6 is 11.3 Å². The highest BCUT2D eigenvalue weighted by Gasteiger charge is 2.23. The molecule has 1 aromatic carbocycles. The van der Waals surface area contributed by atoms with Gasteiger partial charge in [0.15, 0.2) is 0 Å². The van der Waals surface area contributed by atoms with Gasteiger partial charge in [-0.15, -0.1) is 11.3 Å². The number of anilines is 1. The number of aromatic nitrogens is 5. The summed E-state index contributed by atoms with van der Waals surface area (Å²) >= 11 is 1.34. The second-order valence-corrected chi connectivity index (χ2v) is 8.51. The maximum absolute atomic E-state index is 12.9. The highest BCUT2D eigenvalue weighted by atomic mass is 32.1. The molecule has 8 heteroatoms. The molecule has 0 spiro atoms. The van der Waals surface area contributed by atoms with Crippen molar-refractivity contribution in [3.8, 4) is 16.5 Å². The minimum atomic E-state index is -0.248. The summed E-state index contributed by atoms with van der Waals surface area (Å²) in [6.07, 6.45) is 4.87. The van der Waals surface area contributed by atoms with Crippen molar-refractivity contribution in [2.75, 3.05) is 5.32 Å². The lowest BCUT2D eigenvalue weighted by molar-refractivity contribution is 0.102. The number of nitrogens with zero attached hydrogens (tertiary/aromatic N) is 5. The van der Waals surface area contributed by atoms with E-state index in [4.69, 9.17) is 0 Å². The SMILES string of the molecule is CC(C)(C)c1cc(NC(=O)c2cnc(-c3ccccc3)s2)n(-c2ncccn2)n1. The molecule has 4 rings (SSSR count). The first-order chi connectivity index (χ1) is 13.9. The number of hydrogen-bond donors (Lipinski definition) is 1. The van der Waals surface area contributed by atoms with Crippen LogP contribution in [0.1, 0.15) is 36.1 Å². The predicted molar refractivity (Wildman–Crippen MR) is 113 cm³/mol. The minimum absolute atomic E-state index is 0.190. The van der Waals surface area contributed by atoms with Crippen LogP contribution < -0.4 is 5.32 Å². The Bertz CT molecular complexity index is 1130. The summed E-state index contributed by atoms with van der Waals surface area (Å²) in [6, 6.07) is 13.4. The van der Waals surface area contributed by atoms with Crippen molar-refractivity contribution in [3.63, 3.8) is 0 Å². The van der Waals surface area contributed by atoms with Crippen LogP contribution in [0.3, 0.4) is 0 Å². The van der Waals surface area contributed by atoms with Crippen LogP contribution in [-0.4, -0.2) is 30.6 Å². The van der Waals surface area contributed by atoms with Crippen LogP contribution in [0, 0.1) is 0 Å². The average Bonchev–Trinajstić information content (AvgIpc) is 3.37. The molecule has 0 radical (unpaired) electrons. The van der Waals surface area contributed by atoms with Crippen molar-refractivity contribution in [1.82, 2.24) is 24.7 Å². The number of rotatable bonds is 4. The Labute approximate surface area is 172 Å². The molecule has 0 aliphatic rings. The zero-order valence-electron chi connectivity index (χ0n) is 16.3. The maximum Gasteiger partial charge on any atom is 0.268 e. The lowest BCUT2D eigenvalue weighted by Gasteiger charge is -2.13. The minimum Gasteiger partial charge on any atom is -0.306 e. The number of nitrogens with one attached hydrogen (secondary N) is 1. The fourth-order valence-electron chi connectivity index (χ4n) is 2.66. The fourth-order valence-corrected chi connectivity index (χ4v) is 3.48. The first-order valence-electron chi connectivity index (χ1n) is 9.12. The van der Waals surface area contributed by atoms with Crippen molar-refractivity contribution in [2.24, 2.45) is 0 Å². The van der Waals surface area contributed by atoms with Gasteiger partial charge in [-0.25, -0.2) is 15.0 Å². The molecule has 3 heterocycles. The number of carbonyl (C=O) groups excluding carboxylic acids is 1. The number of amides is 1. The summed E-state index contributed by atoms with van der Waals surface area (Å²) < 4.78 is 1.55. The molecule has 0 fully saturated rings. The van der Waals surface area contributed by atoms with Gasteiger partial charge in [0.05, 0.1) is 11.9 Å². The van der Waals surface area contributed by atoms with Crippen molar-refractivity contribution >= 4 is 23.1 Å². The first-order valence-corrected chi connectivity index (χ1v) is 9.94. The van der Waals surface area contributed by atoms with Crippen molar-refractivity contribution in [3.05, 3.63) is 71.6 Å². The zero-order valence-corrected chi connectivity index (χ0v) is 17.1. The number of thiazole rings is 1. The average molecular weight is 404 g/mol. The number of benzene rings is 1. The van der Waals surface area contributed by atoms with E-state index in [-0.39, 0.29) is 11.3 Å². The van der Waals surface area contributed by atoms with E-state index in [1.54, 1.807) is 29.3 Å². The summed E-state index contributed by atoms with van der Waals surface area (Å²) in [5.41, 5.74) is 1.62. The molecule has 4 aromatic rings. The Hall–Kier alpha value is -3.39. The van der Waals surface area contributed by atoms with Gasteiger partial charge < -0.3 is 5.32 Å². The van der Waals surface area contributed by atoms with E-state index in [1.165, 1.54) is 11.3 Å². The highest BCUT2D eigenvalue weighted by molar-refractivity contribution is 7.17. The van der Waals surface area contributed by atoms with Crippen LogP contribution in [0.5, 0.6) is 0 Å². The van der Waals surface area contributed by atoms with Crippen LogP contribution in [0.25, 0.3) is 16.5 Å². The van der Waals surface area contributed by atoms with Gasteiger partial charge in [-0.3, -0.25) is 4.79 Å². The normalized spacial score (nSPS) is 11.4. The largest absolute Gasteiger partial charge is 0.306 e. The van der Waals surface area contributed by atoms with E-state index in [1.807, 2.05) is 36.4 Å². The molecule has 1 N–H and O–H groups in total. The third-order valence-electron chi connectivity index (χ3n) is 4.21. The second kappa shape index (κ2) is 7.56. The molecule has 0 bridgehead atoms. The van der Waals surface area contributed by atoms with E-state index in [0.717, 1.165) is 16.3 Å². The molecule has 146 valence electrons. The Kier molecular flexibility index (Phi) is 4.94. The summed E-state index contributed by atoms with van der Waals surface area (Å²) in [6.45, 7) is 6.19. The van der Waals surface area contributed by atoms with E-state index < -0.39 is 0 Å². The molecule has 3 aromatic heterocycles.